The maximum Gasteiger partial charge on any atom is 0.254 e. The van der Waals surface area contributed by atoms with Gasteiger partial charge in [0.15, 0.2) is 0 Å². The average molecular weight is 356 g/mol. The number of rotatable bonds is 4. The summed E-state index contributed by atoms with van der Waals surface area (Å²) in [6, 6.07) is 7.23. The lowest BCUT2D eigenvalue weighted by Gasteiger charge is -2.32. The summed E-state index contributed by atoms with van der Waals surface area (Å²) in [5, 5.41) is 0. The molecule has 0 unspecified atom stereocenters. The molecule has 0 N–H and O–H groups in total. The minimum atomic E-state index is 0.237. The fraction of sp³-hybridized carbons (Fsp3) is 0.682. The van der Waals surface area contributed by atoms with Crippen LogP contribution in [0.4, 0.5) is 5.69 Å². The smallest absolute Gasteiger partial charge is 0.254 e. The molecule has 4 rings (SSSR count). The Morgan fingerprint density at radius 2 is 1.77 bits per heavy atom. The van der Waals surface area contributed by atoms with Gasteiger partial charge in [0.05, 0.1) is 0 Å². The molecule has 142 valence electrons. The summed E-state index contributed by atoms with van der Waals surface area (Å²) in [5.74, 6) is 0.237. The van der Waals surface area contributed by atoms with Crippen LogP contribution in [0.2, 0.25) is 0 Å². The van der Waals surface area contributed by atoms with E-state index in [0.717, 1.165) is 44.7 Å². The van der Waals surface area contributed by atoms with Gasteiger partial charge in [-0.25, -0.2) is 0 Å². The molecule has 0 radical (unpaired) electrons. The molecular weight excluding hydrogens is 322 g/mol. The lowest BCUT2D eigenvalue weighted by atomic mass is 9.98. The fourth-order valence-corrected chi connectivity index (χ4v) is 4.84. The van der Waals surface area contributed by atoms with E-state index in [9.17, 15) is 4.79 Å². The topological polar surface area (TPSA) is 26.8 Å². The van der Waals surface area contributed by atoms with Crippen LogP contribution in [0, 0.1) is 0 Å². The van der Waals surface area contributed by atoms with Crippen LogP contribution in [-0.4, -0.2) is 61.0 Å². The predicted octanol–water partition coefficient (Wildman–Crippen LogP) is 3.55. The fourth-order valence-electron chi connectivity index (χ4n) is 4.84. The zero-order chi connectivity index (χ0) is 17.9. The highest BCUT2D eigenvalue weighted by Gasteiger charge is 2.27. The quantitative estimate of drug-likeness (QED) is 0.826. The Balaban J connectivity index is 1.41. The van der Waals surface area contributed by atoms with Crippen molar-refractivity contribution in [2.24, 2.45) is 0 Å². The van der Waals surface area contributed by atoms with Crippen LogP contribution in [0.25, 0.3) is 0 Å². The highest BCUT2D eigenvalue weighted by Crippen LogP contribution is 2.27. The third-order valence-corrected chi connectivity index (χ3v) is 6.58. The number of hydrogen-bond acceptors (Lipinski definition) is 3. The molecule has 2 fully saturated rings. The van der Waals surface area contributed by atoms with E-state index in [1.54, 1.807) is 0 Å². The highest BCUT2D eigenvalue weighted by atomic mass is 16.2. The molecule has 1 amide bonds. The normalized spacial score (nSPS) is 24.7. The summed E-state index contributed by atoms with van der Waals surface area (Å²) in [5.41, 5.74) is 3.50. The molecule has 3 aliphatic heterocycles. The minimum absolute atomic E-state index is 0.237. The average Bonchev–Trinajstić information content (AvgIpc) is 2.90. The first kappa shape index (κ1) is 17.8. The number of carbonyl (C=O) groups excluding carboxylic acids is 1. The zero-order valence-electron chi connectivity index (χ0n) is 16.3. The maximum absolute atomic E-state index is 12.9. The van der Waals surface area contributed by atoms with Gasteiger partial charge in [-0.3, -0.25) is 9.69 Å². The molecule has 1 aromatic carbocycles. The molecule has 26 heavy (non-hydrogen) atoms. The van der Waals surface area contributed by atoms with Crippen molar-refractivity contribution in [3.63, 3.8) is 0 Å². The van der Waals surface area contributed by atoms with Crippen molar-refractivity contribution in [2.45, 2.75) is 57.9 Å². The van der Waals surface area contributed by atoms with Crippen molar-refractivity contribution in [1.29, 1.82) is 0 Å². The zero-order valence-corrected chi connectivity index (χ0v) is 16.3. The second-order valence-electron chi connectivity index (χ2n) is 8.31. The maximum atomic E-state index is 12.9. The van der Waals surface area contributed by atoms with Crippen molar-refractivity contribution in [3.05, 3.63) is 29.3 Å². The number of anilines is 1. The Labute approximate surface area is 158 Å². The lowest BCUT2D eigenvalue weighted by Crippen LogP contribution is -2.43. The molecule has 3 aliphatic rings. The number of likely N-dealkylation sites (tertiary alicyclic amines) is 1. The molecule has 0 bridgehead atoms. The number of benzene rings is 1. The van der Waals surface area contributed by atoms with Gasteiger partial charge in [0.25, 0.3) is 5.91 Å². The van der Waals surface area contributed by atoms with Crippen LogP contribution in [0.1, 0.15) is 61.4 Å². The van der Waals surface area contributed by atoms with Crippen LogP contribution in [0.3, 0.4) is 0 Å². The van der Waals surface area contributed by atoms with E-state index in [1.807, 2.05) is 0 Å². The number of fused-ring (bicyclic) bond motifs is 1. The molecule has 0 saturated carbocycles. The van der Waals surface area contributed by atoms with E-state index >= 15 is 0 Å². The third-order valence-electron chi connectivity index (χ3n) is 6.58. The third kappa shape index (κ3) is 3.75. The van der Waals surface area contributed by atoms with Gasteiger partial charge < -0.3 is 9.80 Å². The van der Waals surface area contributed by atoms with Gasteiger partial charge in [-0.15, -0.1) is 0 Å². The standard InChI is InChI=1S/C22H33N3O/c1-18-7-6-13-23(18)15-16-25-14-10-19-17-20(8-9-21(19)22(25)26)24-11-4-2-3-5-12-24/h8-9,17-18H,2-7,10-16H2,1H3/t18-/m1/s1. The number of amides is 1. The van der Waals surface area contributed by atoms with Gasteiger partial charge in [0.1, 0.15) is 0 Å². The van der Waals surface area contributed by atoms with Gasteiger partial charge >= 0.3 is 0 Å². The van der Waals surface area contributed by atoms with E-state index in [4.69, 9.17) is 0 Å². The SMILES string of the molecule is C[C@@H]1CCCN1CCN1CCc2cc(N3CCCCCC3)ccc2C1=O. The summed E-state index contributed by atoms with van der Waals surface area (Å²) in [7, 11) is 0. The number of hydrogen-bond donors (Lipinski definition) is 0. The summed E-state index contributed by atoms with van der Waals surface area (Å²) in [6.45, 7) is 8.59. The molecule has 3 heterocycles. The van der Waals surface area contributed by atoms with Crippen molar-refractivity contribution in [1.82, 2.24) is 9.80 Å². The van der Waals surface area contributed by atoms with E-state index in [0.29, 0.717) is 6.04 Å². The number of nitrogens with zero attached hydrogens (tertiary/aromatic N) is 3. The molecule has 1 aromatic rings. The highest BCUT2D eigenvalue weighted by molar-refractivity contribution is 5.97. The Kier molecular flexibility index (Phi) is 5.49. The first-order chi connectivity index (χ1) is 12.7. The second kappa shape index (κ2) is 7.99. The number of carbonyl (C=O) groups is 1. The molecular formula is C22H33N3O. The van der Waals surface area contributed by atoms with Gasteiger partial charge in [0.2, 0.25) is 0 Å². The molecule has 4 nitrogen and oxygen atoms in total. The second-order valence-corrected chi connectivity index (χ2v) is 8.31. The molecule has 0 aromatic heterocycles. The van der Waals surface area contributed by atoms with E-state index in [1.165, 1.54) is 56.3 Å². The Bertz CT molecular complexity index is 636. The summed E-state index contributed by atoms with van der Waals surface area (Å²) in [6.07, 6.45) is 8.89. The first-order valence-corrected chi connectivity index (χ1v) is 10.6. The van der Waals surface area contributed by atoms with E-state index in [-0.39, 0.29) is 5.91 Å². The lowest BCUT2D eigenvalue weighted by molar-refractivity contribution is 0.0717. The minimum Gasteiger partial charge on any atom is -0.372 e. The van der Waals surface area contributed by atoms with E-state index in [2.05, 4.69) is 39.8 Å². The van der Waals surface area contributed by atoms with Crippen LogP contribution in [-0.2, 0) is 6.42 Å². The van der Waals surface area contributed by atoms with Gasteiger partial charge in [-0.2, -0.15) is 0 Å². The monoisotopic (exact) mass is 355 g/mol. The first-order valence-electron chi connectivity index (χ1n) is 10.6. The summed E-state index contributed by atoms with van der Waals surface area (Å²) >= 11 is 0. The van der Waals surface area contributed by atoms with E-state index < -0.39 is 0 Å². The van der Waals surface area contributed by atoms with Crippen molar-refractivity contribution >= 4 is 11.6 Å². The largest absolute Gasteiger partial charge is 0.372 e. The van der Waals surface area contributed by atoms with Crippen LogP contribution >= 0.6 is 0 Å². The van der Waals surface area contributed by atoms with Gasteiger partial charge in [-0.05, 0) is 69.3 Å². The van der Waals surface area contributed by atoms with Crippen molar-refractivity contribution in [3.8, 4) is 0 Å². The Hall–Kier alpha value is -1.55. The van der Waals surface area contributed by atoms with Gasteiger partial charge in [0, 0.05) is 50.0 Å². The molecule has 0 aliphatic carbocycles. The molecule has 2 saturated heterocycles. The van der Waals surface area contributed by atoms with Crippen LogP contribution < -0.4 is 4.90 Å². The van der Waals surface area contributed by atoms with Crippen LogP contribution in [0.15, 0.2) is 18.2 Å². The van der Waals surface area contributed by atoms with Crippen molar-refractivity contribution < 1.29 is 4.79 Å². The summed E-state index contributed by atoms with van der Waals surface area (Å²) in [4.78, 5) is 20.1. The summed E-state index contributed by atoms with van der Waals surface area (Å²) < 4.78 is 0. The molecule has 1 atom stereocenters. The van der Waals surface area contributed by atoms with Crippen molar-refractivity contribution in [2.75, 3.05) is 44.2 Å². The predicted molar refractivity (Wildman–Crippen MR) is 107 cm³/mol. The Morgan fingerprint density at radius 3 is 2.50 bits per heavy atom. The molecule has 4 heteroatoms. The Morgan fingerprint density at radius 1 is 0.962 bits per heavy atom. The van der Waals surface area contributed by atoms with Gasteiger partial charge in [-0.1, -0.05) is 12.8 Å². The van der Waals surface area contributed by atoms with Crippen LogP contribution in [0.5, 0.6) is 0 Å². The molecule has 0 spiro atoms.